The van der Waals surface area contributed by atoms with Crippen LogP contribution >= 0.6 is 0 Å². The zero-order valence-corrected chi connectivity index (χ0v) is 5.94. The molecule has 0 aromatic carbocycles. The Kier molecular flexibility index (Phi) is 3.74. The van der Waals surface area contributed by atoms with Crippen molar-refractivity contribution < 1.29 is 32.7 Å². The van der Waals surface area contributed by atoms with Crippen molar-refractivity contribution in [3.8, 4) is 0 Å². The van der Waals surface area contributed by atoms with E-state index in [1.54, 1.807) is 0 Å². The van der Waals surface area contributed by atoms with E-state index in [0.29, 0.717) is 0 Å². The smallest absolute Gasteiger partial charge is 0.510 e. The van der Waals surface area contributed by atoms with Crippen LogP contribution in [0, 0.1) is 0 Å². The number of hydrogen-bond acceptors (Lipinski definition) is 5. The lowest BCUT2D eigenvalue weighted by atomic mass is 14.5. The summed E-state index contributed by atoms with van der Waals surface area (Å²) in [6.07, 6.45) is 0. The molecule has 0 saturated heterocycles. The molecule has 0 aliphatic carbocycles. The Morgan fingerprint density at radius 2 is 1.33 bits per heavy atom. The van der Waals surface area contributed by atoms with Gasteiger partial charge in [0.2, 0.25) is 0 Å². The molecule has 52 valence electrons. The van der Waals surface area contributed by atoms with Crippen LogP contribution in [0.3, 0.4) is 0 Å². The molecule has 0 radical (unpaired) electrons. The zero-order chi connectivity index (χ0) is 7.28. The highest BCUT2D eigenvalue weighted by Gasteiger charge is 2.10. The molecule has 0 saturated carbocycles. The first-order chi connectivity index (χ1) is 4.13. The summed E-state index contributed by atoms with van der Waals surface area (Å²) in [5, 5.41) is 3.32. The minimum Gasteiger partial charge on any atom is -0.510 e. The maximum Gasteiger partial charge on any atom is 0.801 e. The van der Waals surface area contributed by atoms with Gasteiger partial charge in [-0.3, -0.25) is 18.1 Å². The summed E-state index contributed by atoms with van der Waals surface area (Å²) >= 11 is 0. The van der Waals surface area contributed by atoms with E-state index in [9.17, 15) is 8.92 Å². The van der Waals surface area contributed by atoms with Crippen LogP contribution in [0.2, 0.25) is 0 Å². The van der Waals surface area contributed by atoms with Crippen molar-refractivity contribution in [2.24, 2.45) is 0 Å². The summed E-state index contributed by atoms with van der Waals surface area (Å²) < 4.78 is 25.9. The van der Waals surface area contributed by atoms with Crippen molar-refractivity contribution in [3.05, 3.63) is 0 Å². The van der Waals surface area contributed by atoms with Crippen molar-refractivity contribution >= 4 is 18.3 Å². The third-order valence-corrected chi connectivity index (χ3v) is 0.632. The lowest BCUT2D eigenvalue weighted by Gasteiger charge is -1.91. The molecule has 0 aliphatic rings. The molecule has 0 aromatic heterocycles. The monoisotopic (exact) mass is 170 g/mol. The van der Waals surface area contributed by atoms with Crippen LogP contribution < -0.4 is 0 Å². The molecule has 0 spiro atoms. The molecular formula is H2O7Si2. The summed E-state index contributed by atoms with van der Waals surface area (Å²) in [5.74, 6) is 0. The van der Waals surface area contributed by atoms with Crippen molar-refractivity contribution in [1.82, 2.24) is 0 Å². The summed E-state index contributed by atoms with van der Waals surface area (Å²) in [6, 6.07) is 0. The molecule has 9 heteroatoms. The highest BCUT2D eigenvalue weighted by Crippen LogP contribution is 1.76. The second-order valence-electron chi connectivity index (χ2n) is 0.767. The molecule has 0 amide bonds. The quantitative estimate of drug-likeness (QED) is 0.277. The SMILES string of the molecule is O=[Si](O)OOO[Si](=O)O. The molecule has 0 fully saturated rings. The minimum absolute atomic E-state index is 3.26. The second kappa shape index (κ2) is 4.11. The molecule has 0 unspecified atom stereocenters. The summed E-state index contributed by atoms with van der Waals surface area (Å²) in [7, 11) is -6.52. The van der Waals surface area contributed by atoms with Crippen LogP contribution in [0.5, 0.6) is 0 Å². The van der Waals surface area contributed by atoms with E-state index in [-0.39, 0.29) is 0 Å². The van der Waals surface area contributed by atoms with Crippen LogP contribution in [0.1, 0.15) is 0 Å². The Hall–Kier alpha value is -0.806. The largest absolute Gasteiger partial charge is 0.801 e. The number of rotatable bonds is 4. The minimum atomic E-state index is -3.26. The first kappa shape index (κ1) is 8.19. The average Bonchev–Trinajstić information content (AvgIpc) is 1.63. The van der Waals surface area contributed by atoms with Gasteiger partial charge in [-0.2, -0.15) is 0 Å². The lowest BCUT2D eigenvalue weighted by molar-refractivity contribution is -0.433. The first-order valence-corrected chi connectivity index (χ1v) is 4.12. The molecule has 2 N–H and O–H groups in total. The summed E-state index contributed by atoms with van der Waals surface area (Å²) in [5.41, 5.74) is 0. The van der Waals surface area contributed by atoms with E-state index in [0.717, 1.165) is 0 Å². The van der Waals surface area contributed by atoms with Gasteiger partial charge >= 0.3 is 18.3 Å². The fourth-order valence-electron chi connectivity index (χ4n) is 0.0752. The summed E-state index contributed by atoms with van der Waals surface area (Å²) in [4.78, 5) is 15.6. The van der Waals surface area contributed by atoms with E-state index in [2.05, 4.69) is 14.2 Å². The predicted molar refractivity (Wildman–Crippen MR) is 20.6 cm³/mol. The van der Waals surface area contributed by atoms with Gasteiger partial charge < -0.3 is 9.59 Å². The van der Waals surface area contributed by atoms with Crippen LogP contribution in [-0.4, -0.2) is 27.9 Å². The average molecular weight is 170 g/mol. The maximum absolute atomic E-state index is 9.57. The van der Waals surface area contributed by atoms with Gasteiger partial charge in [0.05, 0.1) is 0 Å². The van der Waals surface area contributed by atoms with Gasteiger partial charge in [0.25, 0.3) is 0 Å². The Balaban J connectivity index is 3.10. The Morgan fingerprint density at radius 3 is 1.56 bits per heavy atom. The van der Waals surface area contributed by atoms with E-state index >= 15 is 0 Å². The van der Waals surface area contributed by atoms with E-state index in [1.807, 2.05) is 0 Å². The van der Waals surface area contributed by atoms with Crippen molar-refractivity contribution in [2.45, 2.75) is 0 Å². The normalized spacial score (nSPS) is 8.00. The Bertz CT molecular complexity index is 102. The molecule has 9 heavy (non-hydrogen) atoms. The molecule has 0 atom stereocenters. The van der Waals surface area contributed by atoms with Gasteiger partial charge in [0.1, 0.15) is 0 Å². The molecule has 0 aliphatic heterocycles. The van der Waals surface area contributed by atoms with Gasteiger partial charge in [-0.1, -0.05) is 0 Å². The van der Waals surface area contributed by atoms with E-state index in [4.69, 9.17) is 9.59 Å². The molecule has 0 rings (SSSR count). The Labute approximate surface area is 52.1 Å². The maximum atomic E-state index is 9.57. The predicted octanol–water partition coefficient (Wildman–Crippen LogP) is -2.32. The number of hydrogen-bond donors (Lipinski definition) is 2. The first-order valence-electron chi connectivity index (χ1n) is 1.60. The Morgan fingerprint density at radius 1 is 1.00 bits per heavy atom. The van der Waals surface area contributed by atoms with E-state index in [1.165, 1.54) is 0 Å². The third-order valence-electron chi connectivity index (χ3n) is 0.211. The van der Waals surface area contributed by atoms with Gasteiger partial charge in [0.15, 0.2) is 0 Å². The molecule has 0 aromatic rings. The zero-order valence-electron chi connectivity index (χ0n) is 3.94. The standard InChI is InChI=1S/H2O7Si2/c1-8(2)6-5-7-9(3)4/h1,3H. The highest BCUT2D eigenvalue weighted by atomic mass is 28.3. The molecule has 0 heterocycles. The van der Waals surface area contributed by atoms with Crippen molar-refractivity contribution in [2.75, 3.05) is 0 Å². The van der Waals surface area contributed by atoms with Gasteiger partial charge in [-0.05, 0) is 0 Å². The van der Waals surface area contributed by atoms with Crippen LogP contribution in [0.15, 0.2) is 0 Å². The van der Waals surface area contributed by atoms with Crippen molar-refractivity contribution in [1.29, 1.82) is 0 Å². The van der Waals surface area contributed by atoms with Gasteiger partial charge in [-0.25, -0.2) is 0 Å². The van der Waals surface area contributed by atoms with Gasteiger partial charge in [-0.15, -0.1) is 0 Å². The lowest BCUT2D eigenvalue weighted by Crippen LogP contribution is -2.11. The fourth-order valence-corrected chi connectivity index (χ4v) is 0.328. The topological polar surface area (TPSA) is 102 Å². The van der Waals surface area contributed by atoms with Gasteiger partial charge in [0, 0.05) is 5.04 Å². The fraction of sp³-hybridized carbons (Fsp3) is 0. The summed E-state index contributed by atoms with van der Waals surface area (Å²) in [6.45, 7) is 0. The van der Waals surface area contributed by atoms with E-state index < -0.39 is 18.3 Å². The third kappa shape index (κ3) is 7.19. The molecular weight excluding hydrogens is 168 g/mol. The van der Waals surface area contributed by atoms with Crippen LogP contribution in [-0.2, 0) is 23.1 Å². The molecule has 0 bridgehead atoms. The van der Waals surface area contributed by atoms with Crippen LogP contribution in [0.4, 0.5) is 0 Å². The van der Waals surface area contributed by atoms with Crippen molar-refractivity contribution in [3.63, 3.8) is 0 Å². The van der Waals surface area contributed by atoms with Crippen LogP contribution in [0.25, 0.3) is 0 Å². The second-order valence-corrected chi connectivity index (χ2v) is 2.16. The highest BCUT2D eigenvalue weighted by molar-refractivity contribution is 6.24. The molecule has 7 nitrogen and oxygen atoms in total.